The molecule has 0 unspecified atom stereocenters. The van der Waals surface area contributed by atoms with E-state index in [-0.39, 0.29) is 12.2 Å². The van der Waals surface area contributed by atoms with Crippen molar-refractivity contribution < 1.29 is 18.3 Å². The summed E-state index contributed by atoms with van der Waals surface area (Å²) < 4.78 is 34.1. The quantitative estimate of drug-likeness (QED) is 0.876. The Kier molecular flexibility index (Phi) is 3.76. The van der Waals surface area contributed by atoms with Crippen LogP contribution in [0.5, 0.6) is 0 Å². The lowest BCUT2D eigenvalue weighted by molar-refractivity contribution is -0.174. The van der Waals surface area contributed by atoms with Crippen LogP contribution in [0.15, 0.2) is 30.5 Å². The number of aryl methyl sites for hydroxylation is 1. The second-order valence-electron chi connectivity index (χ2n) is 4.53. The van der Waals surface area contributed by atoms with E-state index in [9.17, 15) is 13.6 Å². The van der Waals surface area contributed by atoms with E-state index in [1.165, 1.54) is 13.1 Å². The van der Waals surface area contributed by atoms with Gasteiger partial charge in [-0.2, -0.15) is 8.78 Å². The molecule has 0 aliphatic rings. The molecule has 0 radical (unpaired) electrons. The van der Waals surface area contributed by atoms with Crippen molar-refractivity contribution in [3.05, 3.63) is 36.0 Å². The fourth-order valence-corrected chi connectivity index (χ4v) is 2.17. The van der Waals surface area contributed by atoms with Gasteiger partial charge in [-0.3, -0.25) is 0 Å². The van der Waals surface area contributed by atoms with Gasteiger partial charge in [-0.1, -0.05) is 18.2 Å². The molecule has 1 atom stereocenters. The van der Waals surface area contributed by atoms with Gasteiger partial charge in [0.05, 0.1) is 6.61 Å². The SMILES string of the molecule is CCOC(=O)C(F)(F)[C@@H](N)c1cn(C)c2ccccc12. The van der Waals surface area contributed by atoms with Gasteiger partial charge in [-0.25, -0.2) is 4.79 Å². The average molecular weight is 282 g/mol. The molecule has 2 rings (SSSR count). The minimum Gasteiger partial charge on any atom is -0.462 e. The molecule has 0 spiro atoms. The molecule has 0 saturated carbocycles. The number of rotatable bonds is 4. The lowest BCUT2D eigenvalue weighted by Crippen LogP contribution is -2.41. The van der Waals surface area contributed by atoms with E-state index in [1.807, 2.05) is 0 Å². The summed E-state index contributed by atoms with van der Waals surface area (Å²) in [6.45, 7) is 1.36. The first-order valence-electron chi connectivity index (χ1n) is 6.24. The van der Waals surface area contributed by atoms with Gasteiger partial charge in [-0.05, 0) is 13.0 Å². The summed E-state index contributed by atoms with van der Waals surface area (Å²) in [5.41, 5.74) is 6.62. The third-order valence-corrected chi connectivity index (χ3v) is 3.20. The van der Waals surface area contributed by atoms with E-state index in [2.05, 4.69) is 4.74 Å². The van der Waals surface area contributed by atoms with Crippen LogP contribution < -0.4 is 5.73 Å². The van der Waals surface area contributed by atoms with Crippen LogP contribution in [0.25, 0.3) is 10.9 Å². The van der Waals surface area contributed by atoms with Gasteiger partial charge in [0.2, 0.25) is 0 Å². The molecule has 0 saturated heterocycles. The number of nitrogens with two attached hydrogens (primary N) is 1. The zero-order valence-corrected chi connectivity index (χ0v) is 11.3. The smallest absolute Gasteiger partial charge is 0.379 e. The third kappa shape index (κ3) is 2.27. The van der Waals surface area contributed by atoms with Crippen LogP contribution in [0, 0.1) is 0 Å². The summed E-state index contributed by atoms with van der Waals surface area (Å²) in [6, 6.07) is 5.30. The van der Waals surface area contributed by atoms with E-state index >= 15 is 0 Å². The lowest BCUT2D eigenvalue weighted by atomic mass is 10.0. The molecular weight excluding hydrogens is 266 g/mol. The Hall–Kier alpha value is -1.95. The van der Waals surface area contributed by atoms with E-state index in [0.29, 0.717) is 5.39 Å². The minimum absolute atomic E-state index is 0.114. The maximum Gasteiger partial charge on any atom is 0.379 e. The summed E-state index contributed by atoms with van der Waals surface area (Å²) in [7, 11) is 1.74. The Morgan fingerprint density at radius 2 is 2.10 bits per heavy atom. The molecule has 1 aromatic carbocycles. The standard InChI is InChI=1S/C14H16F2N2O2/c1-3-20-13(19)14(15,16)12(17)10-8-18(2)11-7-5-4-6-9(10)11/h4-8,12H,3,17H2,1-2H3/t12-/m0/s1. The van der Waals surface area contributed by atoms with Crippen molar-refractivity contribution in [3.63, 3.8) is 0 Å². The van der Waals surface area contributed by atoms with E-state index in [4.69, 9.17) is 5.73 Å². The third-order valence-electron chi connectivity index (χ3n) is 3.20. The van der Waals surface area contributed by atoms with Gasteiger partial charge < -0.3 is 15.0 Å². The van der Waals surface area contributed by atoms with Crippen LogP contribution in [0.4, 0.5) is 8.78 Å². The highest BCUT2D eigenvalue weighted by atomic mass is 19.3. The number of hydrogen-bond donors (Lipinski definition) is 1. The summed E-state index contributed by atoms with van der Waals surface area (Å²) in [5.74, 6) is -5.36. The Morgan fingerprint density at radius 1 is 1.45 bits per heavy atom. The van der Waals surface area contributed by atoms with E-state index < -0.39 is 17.9 Å². The Balaban J connectivity index is 2.46. The molecule has 108 valence electrons. The number of para-hydroxylation sites is 1. The summed E-state index contributed by atoms with van der Waals surface area (Å²) >= 11 is 0. The van der Waals surface area contributed by atoms with Crippen LogP contribution in [0.3, 0.4) is 0 Å². The largest absolute Gasteiger partial charge is 0.462 e. The molecular formula is C14H16F2N2O2. The number of alkyl halides is 2. The average Bonchev–Trinajstić information content (AvgIpc) is 2.76. The lowest BCUT2D eigenvalue weighted by Gasteiger charge is -2.21. The van der Waals surface area contributed by atoms with Crippen LogP contribution >= 0.6 is 0 Å². The molecule has 6 heteroatoms. The number of halogens is 2. The fraction of sp³-hybridized carbons (Fsp3) is 0.357. The molecule has 0 bridgehead atoms. The number of hydrogen-bond acceptors (Lipinski definition) is 3. The number of carbonyl (C=O) groups is 1. The zero-order valence-electron chi connectivity index (χ0n) is 11.3. The number of ether oxygens (including phenoxy) is 1. The summed E-state index contributed by atoms with van der Waals surface area (Å²) in [4.78, 5) is 11.4. The highest BCUT2D eigenvalue weighted by Crippen LogP contribution is 2.35. The number of fused-ring (bicyclic) bond motifs is 1. The Morgan fingerprint density at radius 3 is 2.75 bits per heavy atom. The molecule has 0 amide bonds. The zero-order chi connectivity index (χ0) is 14.9. The Labute approximate surface area is 115 Å². The fourth-order valence-electron chi connectivity index (χ4n) is 2.17. The van der Waals surface area contributed by atoms with Gasteiger partial charge in [0.15, 0.2) is 0 Å². The number of esters is 1. The van der Waals surface area contributed by atoms with Gasteiger partial charge in [0.1, 0.15) is 6.04 Å². The molecule has 1 aromatic heterocycles. The van der Waals surface area contributed by atoms with Crippen molar-refractivity contribution in [3.8, 4) is 0 Å². The molecule has 2 N–H and O–H groups in total. The Bertz CT molecular complexity index is 637. The van der Waals surface area contributed by atoms with Gasteiger partial charge in [0, 0.05) is 29.7 Å². The van der Waals surface area contributed by atoms with Gasteiger partial charge in [-0.15, -0.1) is 0 Å². The molecule has 2 aromatic rings. The van der Waals surface area contributed by atoms with Gasteiger partial charge in [0.25, 0.3) is 0 Å². The van der Waals surface area contributed by atoms with Crippen molar-refractivity contribution in [2.45, 2.75) is 18.9 Å². The number of benzene rings is 1. The maximum atomic E-state index is 14.0. The second kappa shape index (κ2) is 5.20. The molecule has 0 aliphatic carbocycles. The monoisotopic (exact) mass is 282 g/mol. The number of aromatic nitrogens is 1. The van der Waals surface area contributed by atoms with Crippen LogP contribution in [0.2, 0.25) is 0 Å². The molecule has 0 fully saturated rings. The predicted molar refractivity (Wildman–Crippen MR) is 71.4 cm³/mol. The molecule has 0 aliphatic heterocycles. The second-order valence-corrected chi connectivity index (χ2v) is 4.53. The summed E-state index contributed by atoms with van der Waals surface area (Å²) in [6.07, 6.45) is 1.52. The highest BCUT2D eigenvalue weighted by molar-refractivity contribution is 5.86. The molecule has 4 nitrogen and oxygen atoms in total. The van der Waals surface area contributed by atoms with Gasteiger partial charge >= 0.3 is 11.9 Å². The van der Waals surface area contributed by atoms with Crippen molar-refractivity contribution in [2.75, 3.05) is 6.61 Å². The first-order valence-corrected chi connectivity index (χ1v) is 6.24. The van der Waals surface area contributed by atoms with E-state index in [0.717, 1.165) is 5.52 Å². The van der Waals surface area contributed by atoms with Crippen molar-refractivity contribution >= 4 is 16.9 Å². The van der Waals surface area contributed by atoms with E-state index in [1.54, 1.807) is 35.9 Å². The first-order chi connectivity index (χ1) is 9.39. The van der Waals surface area contributed by atoms with Crippen LogP contribution in [-0.2, 0) is 16.6 Å². The first kappa shape index (κ1) is 14.5. The van der Waals surface area contributed by atoms with Crippen LogP contribution in [-0.4, -0.2) is 23.1 Å². The highest BCUT2D eigenvalue weighted by Gasteiger charge is 2.48. The number of carbonyl (C=O) groups excluding carboxylic acids is 1. The summed E-state index contributed by atoms with van der Waals surface area (Å²) in [5, 5.41) is 0.603. The number of nitrogens with zero attached hydrogens (tertiary/aromatic N) is 1. The van der Waals surface area contributed by atoms with Crippen molar-refractivity contribution in [2.24, 2.45) is 12.8 Å². The maximum absolute atomic E-state index is 14.0. The van der Waals surface area contributed by atoms with Crippen LogP contribution in [0.1, 0.15) is 18.5 Å². The molecule has 1 heterocycles. The normalized spacial score (nSPS) is 13.4. The van der Waals surface area contributed by atoms with Crippen molar-refractivity contribution in [1.29, 1.82) is 0 Å². The minimum atomic E-state index is -3.76. The van der Waals surface area contributed by atoms with Crippen molar-refractivity contribution in [1.82, 2.24) is 4.57 Å². The molecule has 20 heavy (non-hydrogen) atoms. The predicted octanol–water partition coefficient (Wildman–Crippen LogP) is 2.38. The topological polar surface area (TPSA) is 57.2 Å².